The van der Waals surface area contributed by atoms with E-state index in [-0.39, 0.29) is 16.7 Å². The molecule has 0 amide bonds. The van der Waals surface area contributed by atoms with Gasteiger partial charge in [0.2, 0.25) is 10.0 Å². The number of aromatic nitrogens is 2. The van der Waals surface area contributed by atoms with E-state index in [4.69, 9.17) is 9.84 Å². The van der Waals surface area contributed by atoms with Crippen LogP contribution in [0.1, 0.15) is 30.7 Å². The van der Waals surface area contributed by atoms with Crippen LogP contribution in [0.5, 0.6) is 0 Å². The van der Waals surface area contributed by atoms with Gasteiger partial charge in [0.05, 0.1) is 18.4 Å². The molecule has 1 unspecified atom stereocenters. The fraction of sp³-hybridized carbons (Fsp3) is 0.727. The number of aromatic amines is 1. The molecule has 1 aromatic rings. The number of ether oxygens (including phenoxy) is 1. The average molecular weight is 289 g/mol. The Bertz CT molecular complexity index is 520. The van der Waals surface area contributed by atoms with Crippen molar-refractivity contribution in [1.82, 2.24) is 14.9 Å². The predicted molar refractivity (Wildman–Crippen MR) is 68.0 cm³/mol. The number of H-pyrrole nitrogens is 1. The number of aryl methyl sites for hydroxylation is 1. The van der Waals surface area contributed by atoms with Crippen molar-refractivity contribution < 1.29 is 18.3 Å². The van der Waals surface area contributed by atoms with Crippen LogP contribution in [0.25, 0.3) is 0 Å². The Hall–Kier alpha value is -0.960. The van der Waals surface area contributed by atoms with Crippen molar-refractivity contribution in [1.29, 1.82) is 0 Å². The molecular weight excluding hydrogens is 270 g/mol. The SMILES string of the molecule is Cc1[nH]nc(CO)c1S(=O)(=O)NCCC1CCCO1. The van der Waals surface area contributed by atoms with E-state index in [1.165, 1.54) is 0 Å². The van der Waals surface area contributed by atoms with Crippen LogP contribution in [0.15, 0.2) is 4.90 Å². The third-order valence-electron chi connectivity index (χ3n) is 3.16. The zero-order chi connectivity index (χ0) is 13.9. The van der Waals surface area contributed by atoms with Gasteiger partial charge in [0.1, 0.15) is 10.6 Å². The van der Waals surface area contributed by atoms with Gasteiger partial charge in [-0.15, -0.1) is 0 Å². The average Bonchev–Trinajstić information content (AvgIpc) is 2.98. The summed E-state index contributed by atoms with van der Waals surface area (Å²) in [5.74, 6) is 0. The zero-order valence-electron chi connectivity index (χ0n) is 10.8. The molecule has 1 aliphatic rings. The number of aliphatic hydroxyl groups excluding tert-OH is 1. The smallest absolute Gasteiger partial charge is 0.244 e. The van der Waals surface area contributed by atoms with Crippen LogP contribution in [0.3, 0.4) is 0 Å². The van der Waals surface area contributed by atoms with E-state index < -0.39 is 16.6 Å². The molecule has 1 saturated heterocycles. The summed E-state index contributed by atoms with van der Waals surface area (Å²) in [6.45, 7) is 2.28. The summed E-state index contributed by atoms with van der Waals surface area (Å²) in [6, 6.07) is 0. The topological polar surface area (TPSA) is 104 Å². The van der Waals surface area contributed by atoms with Crippen molar-refractivity contribution in [3.05, 3.63) is 11.4 Å². The fourth-order valence-electron chi connectivity index (χ4n) is 2.23. The summed E-state index contributed by atoms with van der Waals surface area (Å²) < 4.78 is 32.2. The van der Waals surface area contributed by atoms with Gasteiger partial charge in [0.25, 0.3) is 0 Å². The van der Waals surface area contributed by atoms with Gasteiger partial charge in [-0.2, -0.15) is 5.10 Å². The summed E-state index contributed by atoms with van der Waals surface area (Å²) in [6.07, 6.45) is 2.82. The van der Waals surface area contributed by atoms with Crippen LogP contribution in [-0.4, -0.2) is 43.0 Å². The Labute approximate surface area is 112 Å². The first-order valence-electron chi connectivity index (χ1n) is 6.30. The van der Waals surface area contributed by atoms with E-state index in [9.17, 15) is 8.42 Å². The van der Waals surface area contributed by atoms with Crippen molar-refractivity contribution in [2.45, 2.75) is 43.8 Å². The highest BCUT2D eigenvalue weighted by molar-refractivity contribution is 7.89. The summed E-state index contributed by atoms with van der Waals surface area (Å²) in [4.78, 5) is 0.0438. The maximum Gasteiger partial charge on any atom is 0.244 e. The number of sulfonamides is 1. The molecule has 7 nitrogen and oxygen atoms in total. The highest BCUT2D eigenvalue weighted by Crippen LogP contribution is 2.18. The van der Waals surface area contributed by atoms with Gasteiger partial charge in [-0.25, -0.2) is 13.1 Å². The van der Waals surface area contributed by atoms with Crippen molar-refractivity contribution >= 4 is 10.0 Å². The van der Waals surface area contributed by atoms with E-state index in [0.29, 0.717) is 18.7 Å². The molecule has 8 heteroatoms. The van der Waals surface area contributed by atoms with Crippen molar-refractivity contribution in [3.8, 4) is 0 Å². The summed E-state index contributed by atoms with van der Waals surface area (Å²) in [5.41, 5.74) is 0.566. The number of hydrogen-bond acceptors (Lipinski definition) is 5. The van der Waals surface area contributed by atoms with E-state index in [1.807, 2.05) is 0 Å². The highest BCUT2D eigenvalue weighted by Gasteiger charge is 2.24. The monoisotopic (exact) mass is 289 g/mol. The third-order valence-corrected chi connectivity index (χ3v) is 4.83. The highest BCUT2D eigenvalue weighted by atomic mass is 32.2. The first kappa shape index (κ1) is 14.4. The van der Waals surface area contributed by atoms with Gasteiger partial charge >= 0.3 is 0 Å². The van der Waals surface area contributed by atoms with Crippen molar-refractivity contribution in [2.75, 3.05) is 13.2 Å². The lowest BCUT2D eigenvalue weighted by molar-refractivity contribution is 0.105. The predicted octanol–water partition coefficient (Wildman–Crippen LogP) is 0.0578. The number of nitrogens with zero attached hydrogens (tertiary/aromatic N) is 1. The molecule has 2 heterocycles. The van der Waals surface area contributed by atoms with E-state index in [2.05, 4.69) is 14.9 Å². The Morgan fingerprint density at radius 3 is 3.00 bits per heavy atom. The van der Waals surface area contributed by atoms with Crippen LogP contribution in [-0.2, 0) is 21.4 Å². The van der Waals surface area contributed by atoms with Gasteiger partial charge in [-0.3, -0.25) is 5.10 Å². The molecule has 0 bridgehead atoms. The van der Waals surface area contributed by atoms with Gasteiger partial charge in [0.15, 0.2) is 0 Å². The second kappa shape index (κ2) is 6.00. The Morgan fingerprint density at radius 2 is 2.37 bits per heavy atom. The summed E-state index contributed by atoms with van der Waals surface area (Å²) >= 11 is 0. The van der Waals surface area contributed by atoms with Crippen LogP contribution < -0.4 is 4.72 Å². The lowest BCUT2D eigenvalue weighted by Gasteiger charge is -2.10. The largest absolute Gasteiger partial charge is 0.390 e. The second-order valence-corrected chi connectivity index (χ2v) is 6.31. The van der Waals surface area contributed by atoms with Crippen molar-refractivity contribution in [3.63, 3.8) is 0 Å². The molecule has 1 aromatic heterocycles. The molecular formula is C11H19N3O4S. The van der Waals surface area contributed by atoms with E-state index in [1.54, 1.807) is 6.92 Å². The lowest BCUT2D eigenvalue weighted by atomic mass is 10.2. The maximum absolute atomic E-state index is 12.1. The van der Waals surface area contributed by atoms with Crippen LogP contribution >= 0.6 is 0 Å². The molecule has 0 aliphatic carbocycles. The molecule has 108 valence electrons. The van der Waals surface area contributed by atoms with Crippen LogP contribution in [0, 0.1) is 6.92 Å². The molecule has 2 rings (SSSR count). The molecule has 0 aromatic carbocycles. The fourth-order valence-corrected chi connectivity index (χ4v) is 3.63. The number of rotatable bonds is 6. The maximum atomic E-state index is 12.1. The summed E-state index contributed by atoms with van der Waals surface area (Å²) in [7, 11) is -3.64. The minimum atomic E-state index is -3.64. The molecule has 3 N–H and O–H groups in total. The number of nitrogens with one attached hydrogen (secondary N) is 2. The first-order valence-corrected chi connectivity index (χ1v) is 7.79. The molecule has 1 atom stereocenters. The standard InChI is InChI=1S/C11H19N3O4S/c1-8-11(10(7-15)14-13-8)19(16,17)12-5-4-9-3-2-6-18-9/h9,12,15H,2-7H2,1H3,(H,13,14). The third kappa shape index (κ3) is 3.33. The normalized spacial score (nSPS) is 20.0. The summed E-state index contributed by atoms with van der Waals surface area (Å²) in [5, 5.41) is 15.4. The van der Waals surface area contributed by atoms with Crippen molar-refractivity contribution in [2.24, 2.45) is 0 Å². The van der Waals surface area contributed by atoms with Crippen LogP contribution in [0.2, 0.25) is 0 Å². The van der Waals surface area contributed by atoms with Crippen LogP contribution in [0.4, 0.5) is 0 Å². The number of aliphatic hydroxyl groups is 1. The molecule has 19 heavy (non-hydrogen) atoms. The molecule has 1 aliphatic heterocycles. The molecule has 1 fully saturated rings. The second-order valence-electron chi connectivity index (χ2n) is 4.60. The lowest BCUT2D eigenvalue weighted by Crippen LogP contribution is -2.28. The van der Waals surface area contributed by atoms with Gasteiger partial charge in [0, 0.05) is 13.2 Å². The zero-order valence-corrected chi connectivity index (χ0v) is 11.7. The van der Waals surface area contributed by atoms with Gasteiger partial charge < -0.3 is 9.84 Å². The van der Waals surface area contributed by atoms with E-state index >= 15 is 0 Å². The minimum absolute atomic E-state index is 0.0438. The van der Waals surface area contributed by atoms with Gasteiger partial charge in [-0.1, -0.05) is 0 Å². The molecule has 0 spiro atoms. The Balaban J connectivity index is 1.99. The Morgan fingerprint density at radius 1 is 1.58 bits per heavy atom. The minimum Gasteiger partial charge on any atom is -0.390 e. The Kier molecular flexibility index (Phi) is 4.56. The van der Waals surface area contributed by atoms with Gasteiger partial charge in [-0.05, 0) is 26.2 Å². The van der Waals surface area contributed by atoms with E-state index in [0.717, 1.165) is 19.4 Å². The molecule has 0 radical (unpaired) electrons. The quantitative estimate of drug-likeness (QED) is 0.687. The first-order chi connectivity index (χ1) is 9.04. The number of hydrogen-bond donors (Lipinski definition) is 3. The molecule has 0 saturated carbocycles.